The highest BCUT2D eigenvalue weighted by molar-refractivity contribution is 7.17. The van der Waals surface area contributed by atoms with Gasteiger partial charge in [0.1, 0.15) is 0 Å². The molecular formula is C17H22NP. The van der Waals surface area contributed by atoms with Crippen molar-refractivity contribution >= 4 is 9.24 Å². The van der Waals surface area contributed by atoms with Crippen LogP contribution in [0.2, 0.25) is 0 Å². The summed E-state index contributed by atoms with van der Waals surface area (Å²) >= 11 is 0. The number of hydrogen-bond acceptors (Lipinski definition) is 1. The molecule has 0 spiro atoms. The first-order valence-electron chi connectivity index (χ1n) is 6.80. The molecule has 2 atom stereocenters. The second-order valence-electron chi connectivity index (χ2n) is 5.12. The lowest BCUT2D eigenvalue weighted by Gasteiger charge is -2.17. The van der Waals surface area contributed by atoms with Crippen LogP contribution in [0, 0.1) is 0 Å². The van der Waals surface area contributed by atoms with E-state index < -0.39 is 0 Å². The quantitative estimate of drug-likeness (QED) is 0.791. The van der Waals surface area contributed by atoms with Gasteiger partial charge in [-0.05, 0) is 22.6 Å². The second kappa shape index (κ2) is 6.84. The van der Waals surface area contributed by atoms with E-state index in [1.807, 2.05) is 0 Å². The van der Waals surface area contributed by atoms with Crippen LogP contribution in [0.25, 0.3) is 0 Å². The first kappa shape index (κ1) is 14.2. The molecule has 0 heterocycles. The van der Waals surface area contributed by atoms with E-state index >= 15 is 0 Å². The van der Waals surface area contributed by atoms with Crippen LogP contribution in [0.3, 0.4) is 0 Å². The summed E-state index contributed by atoms with van der Waals surface area (Å²) < 4.78 is 0. The lowest BCUT2D eigenvalue weighted by molar-refractivity contribution is 0.667. The molecule has 0 saturated heterocycles. The Bertz CT molecular complexity index is 508. The molecule has 19 heavy (non-hydrogen) atoms. The molecule has 0 fully saturated rings. The summed E-state index contributed by atoms with van der Waals surface area (Å²) in [6, 6.07) is 19.2. The van der Waals surface area contributed by atoms with Gasteiger partial charge in [-0.15, -0.1) is 9.24 Å². The zero-order valence-electron chi connectivity index (χ0n) is 11.6. The predicted molar refractivity (Wildman–Crippen MR) is 86.3 cm³/mol. The second-order valence-corrected chi connectivity index (χ2v) is 5.79. The Balaban J connectivity index is 2.03. The van der Waals surface area contributed by atoms with Crippen LogP contribution in [-0.4, -0.2) is 0 Å². The number of benzene rings is 2. The number of hydrogen-bond donors (Lipinski definition) is 1. The molecule has 0 aliphatic rings. The molecule has 0 aliphatic heterocycles. The summed E-state index contributed by atoms with van der Waals surface area (Å²) in [4.78, 5) is 0. The maximum atomic E-state index is 3.57. The zero-order chi connectivity index (χ0) is 13.7. The number of rotatable bonds is 5. The van der Waals surface area contributed by atoms with E-state index in [0.717, 1.165) is 6.54 Å². The molecule has 2 aromatic carbocycles. The molecule has 0 saturated carbocycles. The fourth-order valence-electron chi connectivity index (χ4n) is 2.26. The van der Waals surface area contributed by atoms with Crippen LogP contribution in [0.1, 0.15) is 42.2 Å². The third kappa shape index (κ3) is 3.89. The van der Waals surface area contributed by atoms with Crippen molar-refractivity contribution in [3.63, 3.8) is 0 Å². The van der Waals surface area contributed by atoms with E-state index in [9.17, 15) is 0 Å². The van der Waals surface area contributed by atoms with Crippen LogP contribution in [0.15, 0.2) is 54.6 Å². The molecule has 1 nitrogen and oxygen atoms in total. The van der Waals surface area contributed by atoms with Crippen molar-refractivity contribution in [1.82, 2.24) is 5.32 Å². The Hall–Kier alpha value is -1.17. The van der Waals surface area contributed by atoms with E-state index in [-0.39, 0.29) is 0 Å². The highest BCUT2D eigenvalue weighted by Crippen LogP contribution is 2.23. The van der Waals surface area contributed by atoms with Gasteiger partial charge in [0.15, 0.2) is 0 Å². The summed E-state index contributed by atoms with van der Waals surface area (Å²) in [5.41, 5.74) is 4.12. The normalized spacial score (nSPS) is 12.6. The van der Waals surface area contributed by atoms with Gasteiger partial charge in [-0.2, -0.15) is 0 Å². The van der Waals surface area contributed by atoms with Crippen molar-refractivity contribution in [3.05, 3.63) is 71.3 Å². The lowest BCUT2D eigenvalue weighted by atomic mass is 9.97. The molecule has 1 N–H and O–H groups in total. The van der Waals surface area contributed by atoms with E-state index in [2.05, 4.69) is 83.0 Å². The molecule has 2 rings (SSSR count). The average molecular weight is 271 g/mol. The van der Waals surface area contributed by atoms with E-state index in [0.29, 0.717) is 11.7 Å². The van der Waals surface area contributed by atoms with Crippen LogP contribution < -0.4 is 5.32 Å². The summed E-state index contributed by atoms with van der Waals surface area (Å²) in [5.74, 6) is 0.860. The highest BCUT2D eigenvalue weighted by atomic mass is 31.0. The molecule has 0 bridgehead atoms. The van der Waals surface area contributed by atoms with Crippen LogP contribution in [-0.2, 0) is 6.54 Å². The predicted octanol–water partition coefficient (Wildman–Crippen LogP) is 4.47. The minimum absolute atomic E-state index is 0.293. The van der Waals surface area contributed by atoms with Crippen LogP contribution in [0.4, 0.5) is 0 Å². The van der Waals surface area contributed by atoms with Gasteiger partial charge in [-0.25, -0.2) is 0 Å². The zero-order valence-corrected chi connectivity index (χ0v) is 12.8. The maximum absolute atomic E-state index is 3.57. The minimum atomic E-state index is 0.293. The molecule has 100 valence electrons. The SMILES string of the molecule is CC(C)c1ccccc1CNC(P)c1ccccc1. The Labute approximate surface area is 118 Å². The van der Waals surface area contributed by atoms with Crippen molar-refractivity contribution in [2.24, 2.45) is 0 Å². The van der Waals surface area contributed by atoms with E-state index in [4.69, 9.17) is 0 Å². The minimum Gasteiger partial charge on any atom is -0.303 e. The standard InChI is InChI=1S/C17H22NP/c1-13(2)16-11-7-6-10-15(16)12-18-17(19)14-8-4-3-5-9-14/h3-11,13,17-18H,12,19H2,1-2H3. The molecule has 0 amide bonds. The molecule has 0 aliphatic carbocycles. The fourth-order valence-corrected chi connectivity index (χ4v) is 2.60. The van der Waals surface area contributed by atoms with Gasteiger partial charge in [0, 0.05) is 12.3 Å². The van der Waals surface area contributed by atoms with Gasteiger partial charge < -0.3 is 5.32 Å². The fraction of sp³-hybridized carbons (Fsp3) is 0.294. The van der Waals surface area contributed by atoms with Gasteiger partial charge in [0.05, 0.1) is 0 Å². The first-order chi connectivity index (χ1) is 9.18. The third-order valence-electron chi connectivity index (χ3n) is 3.35. The Morgan fingerprint density at radius 2 is 1.58 bits per heavy atom. The van der Waals surface area contributed by atoms with Crippen LogP contribution in [0.5, 0.6) is 0 Å². The van der Waals surface area contributed by atoms with Gasteiger partial charge in [-0.3, -0.25) is 0 Å². The Kier molecular flexibility index (Phi) is 5.13. The maximum Gasteiger partial charge on any atom is 0.0466 e. The van der Waals surface area contributed by atoms with E-state index in [1.165, 1.54) is 16.7 Å². The summed E-state index contributed by atoms with van der Waals surface area (Å²) in [7, 11) is 2.87. The summed E-state index contributed by atoms with van der Waals surface area (Å²) in [6.45, 7) is 5.39. The van der Waals surface area contributed by atoms with E-state index in [1.54, 1.807) is 0 Å². The third-order valence-corrected chi connectivity index (χ3v) is 3.97. The molecule has 2 heteroatoms. The van der Waals surface area contributed by atoms with Crippen LogP contribution >= 0.6 is 9.24 Å². The topological polar surface area (TPSA) is 12.0 Å². The van der Waals surface area contributed by atoms with Crippen molar-refractivity contribution < 1.29 is 0 Å². The van der Waals surface area contributed by atoms with Gasteiger partial charge in [0.2, 0.25) is 0 Å². The molecule has 0 aromatic heterocycles. The average Bonchev–Trinajstić information content (AvgIpc) is 2.46. The first-order valence-corrected chi connectivity index (χ1v) is 7.47. The van der Waals surface area contributed by atoms with Crippen molar-refractivity contribution in [2.45, 2.75) is 32.1 Å². The van der Waals surface area contributed by atoms with Gasteiger partial charge in [0.25, 0.3) is 0 Å². The molecule has 2 unspecified atom stereocenters. The van der Waals surface area contributed by atoms with Gasteiger partial charge >= 0.3 is 0 Å². The van der Waals surface area contributed by atoms with Gasteiger partial charge in [-0.1, -0.05) is 68.4 Å². The Morgan fingerprint density at radius 3 is 2.26 bits per heavy atom. The largest absolute Gasteiger partial charge is 0.303 e. The molecule has 2 aromatic rings. The van der Waals surface area contributed by atoms with Crippen molar-refractivity contribution in [3.8, 4) is 0 Å². The molecule has 0 radical (unpaired) electrons. The lowest BCUT2D eigenvalue weighted by Crippen LogP contribution is -2.17. The Morgan fingerprint density at radius 1 is 0.947 bits per heavy atom. The number of nitrogens with one attached hydrogen (secondary N) is 1. The summed E-state index contributed by atoms with van der Waals surface area (Å²) in [6.07, 6.45) is 0. The smallest absolute Gasteiger partial charge is 0.0466 e. The molecular weight excluding hydrogens is 249 g/mol. The van der Waals surface area contributed by atoms with Crippen molar-refractivity contribution in [1.29, 1.82) is 0 Å². The monoisotopic (exact) mass is 271 g/mol. The summed E-state index contributed by atoms with van der Waals surface area (Å²) in [5, 5.41) is 3.57. The highest BCUT2D eigenvalue weighted by Gasteiger charge is 2.08. The van der Waals surface area contributed by atoms with Crippen molar-refractivity contribution in [2.75, 3.05) is 0 Å².